The molecule has 0 heterocycles. The van der Waals surface area contributed by atoms with Crippen molar-refractivity contribution in [2.45, 2.75) is 6.10 Å². The predicted octanol–water partition coefficient (Wildman–Crippen LogP) is 3.12. The third-order valence-corrected chi connectivity index (χ3v) is 2.80. The van der Waals surface area contributed by atoms with Gasteiger partial charge in [0.1, 0.15) is 35.9 Å². The highest BCUT2D eigenvalue weighted by molar-refractivity contribution is 5.39. The van der Waals surface area contributed by atoms with Gasteiger partial charge in [-0.05, 0) is 6.07 Å². The van der Waals surface area contributed by atoms with Crippen molar-refractivity contribution in [1.82, 2.24) is 0 Å². The van der Waals surface area contributed by atoms with Crippen LogP contribution in [0.15, 0.2) is 36.4 Å². The first-order valence-corrected chi connectivity index (χ1v) is 6.07. The number of rotatable bonds is 5. The molecule has 0 radical (unpaired) electrons. The van der Waals surface area contributed by atoms with Crippen LogP contribution in [0.2, 0.25) is 0 Å². The number of ether oxygens (including phenoxy) is 1. The number of benzene rings is 2. The van der Waals surface area contributed by atoms with Gasteiger partial charge in [0.15, 0.2) is 0 Å². The number of nitrogens with zero attached hydrogens (tertiary/aromatic N) is 1. The number of nitro groups is 1. The summed E-state index contributed by atoms with van der Waals surface area (Å²) in [5.41, 5.74) is -0.718. The molecular weight excluding hydrogens is 303 g/mol. The van der Waals surface area contributed by atoms with Gasteiger partial charge in [0.2, 0.25) is 0 Å². The highest BCUT2D eigenvalue weighted by Gasteiger charge is 2.16. The fraction of sp³-hybridized carbons (Fsp3) is 0.143. The average Bonchev–Trinajstić information content (AvgIpc) is 2.44. The third kappa shape index (κ3) is 3.73. The van der Waals surface area contributed by atoms with Gasteiger partial charge in [0, 0.05) is 17.7 Å². The Hall–Kier alpha value is -2.61. The highest BCUT2D eigenvalue weighted by Crippen LogP contribution is 2.24. The van der Waals surface area contributed by atoms with E-state index in [0.29, 0.717) is 12.1 Å². The summed E-state index contributed by atoms with van der Waals surface area (Å²) in [5.74, 6) is -2.82. The molecule has 0 saturated heterocycles. The van der Waals surface area contributed by atoms with Crippen molar-refractivity contribution in [3.05, 3.63) is 69.5 Å². The molecule has 2 aromatic carbocycles. The lowest BCUT2D eigenvalue weighted by molar-refractivity contribution is -0.385. The van der Waals surface area contributed by atoms with Crippen LogP contribution < -0.4 is 4.74 Å². The van der Waals surface area contributed by atoms with Crippen molar-refractivity contribution >= 4 is 5.69 Å². The molecule has 1 atom stereocenters. The maximum atomic E-state index is 13.5. The monoisotopic (exact) mass is 313 g/mol. The van der Waals surface area contributed by atoms with Crippen LogP contribution in [0, 0.1) is 27.6 Å². The Morgan fingerprint density at radius 1 is 1.14 bits per heavy atom. The summed E-state index contributed by atoms with van der Waals surface area (Å²) in [5, 5.41) is 20.4. The quantitative estimate of drug-likeness (QED) is 0.680. The molecule has 2 aromatic rings. The van der Waals surface area contributed by atoms with Gasteiger partial charge >= 0.3 is 0 Å². The molecule has 0 aliphatic carbocycles. The van der Waals surface area contributed by atoms with Crippen molar-refractivity contribution in [2.75, 3.05) is 6.61 Å². The summed E-state index contributed by atoms with van der Waals surface area (Å²) >= 11 is 0. The molecule has 1 unspecified atom stereocenters. The summed E-state index contributed by atoms with van der Waals surface area (Å²) < 4.78 is 44.4. The van der Waals surface area contributed by atoms with Crippen molar-refractivity contribution < 1.29 is 27.9 Å². The van der Waals surface area contributed by atoms with Gasteiger partial charge in [0.25, 0.3) is 5.69 Å². The van der Waals surface area contributed by atoms with Gasteiger partial charge in [-0.3, -0.25) is 10.1 Å². The fourth-order valence-electron chi connectivity index (χ4n) is 1.77. The van der Waals surface area contributed by atoms with E-state index in [4.69, 9.17) is 4.74 Å². The molecule has 2 rings (SSSR count). The molecule has 0 amide bonds. The first kappa shape index (κ1) is 15.8. The lowest BCUT2D eigenvalue weighted by Crippen LogP contribution is -2.11. The maximum Gasteiger partial charge on any atom is 0.276 e. The van der Waals surface area contributed by atoms with Gasteiger partial charge in [-0.2, -0.15) is 0 Å². The SMILES string of the molecule is O=[N+]([O-])c1cc(F)cc(OCC(O)c2ccc(F)cc2F)c1. The molecule has 116 valence electrons. The van der Waals surface area contributed by atoms with Crippen LogP contribution in [-0.2, 0) is 0 Å². The minimum Gasteiger partial charge on any atom is -0.490 e. The van der Waals surface area contributed by atoms with Gasteiger partial charge in [-0.15, -0.1) is 0 Å². The molecule has 0 spiro atoms. The topological polar surface area (TPSA) is 72.6 Å². The Kier molecular flexibility index (Phi) is 4.62. The Bertz CT molecular complexity index is 708. The molecule has 1 N–H and O–H groups in total. The van der Waals surface area contributed by atoms with E-state index >= 15 is 0 Å². The molecule has 0 aliphatic rings. The maximum absolute atomic E-state index is 13.5. The van der Waals surface area contributed by atoms with Crippen LogP contribution in [-0.4, -0.2) is 16.6 Å². The molecule has 0 bridgehead atoms. The van der Waals surface area contributed by atoms with Crippen LogP contribution in [0.25, 0.3) is 0 Å². The fourth-order valence-corrected chi connectivity index (χ4v) is 1.77. The summed E-state index contributed by atoms with van der Waals surface area (Å²) in [7, 11) is 0. The largest absolute Gasteiger partial charge is 0.490 e. The van der Waals surface area contributed by atoms with Crippen molar-refractivity contribution in [1.29, 1.82) is 0 Å². The number of aliphatic hydroxyl groups is 1. The zero-order chi connectivity index (χ0) is 16.3. The second kappa shape index (κ2) is 6.44. The molecule has 0 fully saturated rings. The summed E-state index contributed by atoms with van der Waals surface area (Å²) in [6, 6.07) is 5.19. The van der Waals surface area contributed by atoms with E-state index in [9.17, 15) is 28.4 Å². The minimum absolute atomic E-state index is 0.187. The molecule has 0 saturated carbocycles. The summed E-state index contributed by atoms with van der Waals surface area (Å²) in [4.78, 5) is 9.79. The van der Waals surface area contributed by atoms with Crippen LogP contribution in [0.4, 0.5) is 18.9 Å². The van der Waals surface area contributed by atoms with Crippen LogP contribution in [0.1, 0.15) is 11.7 Å². The minimum atomic E-state index is -1.44. The molecule has 8 heteroatoms. The van der Waals surface area contributed by atoms with Crippen molar-refractivity contribution in [3.63, 3.8) is 0 Å². The zero-order valence-electron chi connectivity index (χ0n) is 11.0. The van der Waals surface area contributed by atoms with Crippen molar-refractivity contribution in [3.8, 4) is 5.75 Å². The van der Waals surface area contributed by atoms with E-state index < -0.39 is 40.8 Å². The smallest absolute Gasteiger partial charge is 0.276 e. The zero-order valence-corrected chi connectivity index (χ0v) is 11.0. The number of hydrogen-bond donors (Lipinski definition) is 1. The van der Waals surface area contributed by atoms with E-state index in [-0.39, 0.29) is 11.3 Å². The number of non-ortho nitro benzene ring substituents is 1. The molecule has 22 heavy (non-hydrogen) atoms. The van der Waals surface area contributed by atoms with Gasteiger partial charge in [0.05, 0.1) is 17.1 Å². The van der Waals surface area contributed by atoms with Gasteiger partial charge in [-0.25, -0.2) is 13.2 Å². The Morgan fingerprint density at radius 3 is 2.50 bits per heavy atom. The first-order chi connectivity index (χ1) is 10.4. The van der Waals surface area contributed by atoms with E-state index in [2.05, 4.69) is 0 Å². The standard InChI is InChI=1S/C14H10F3NO4/c15-8-1-2-12(13(17)5-8)14(19)7-22-11-4-9(16)3-10(6-11)18(20)21/h1-6,14,19H,7H2. The number of aliphatic hydroxyl groups excluding tert-OH is 1. The highest BCUT2D eigenvalue weighted by atomic mass is 19.1. The van der Waals surface area contributed by atoms with E-state index in [1.54, 1.807) is 0 Å². The van der Waals surface area contributed by atoms with Gasteiger partial charge < -0.3 is 9.84 Å². The average molecular weight is 313 g/mol. The second-order valence-electron chi connectivity index (χ2n) is 4.39. The number of halogens is 3. The summed E-state index contributed by atoms with van der Waals surface area (Å²) in [6.07, 6.45) is -1.44. The second-order valence-corrected chi connectivity index (χ2v) is 4.39. The van der Waals surface area contributed by atoms with Crippen molar-refractivity contribution in [2.24, 2.45) is 0 Å². The first-order valence-electron chi connectivity index (χ1n) is 6.07. The van der Waals surface area contributed by atoms with Crippen LogP contribution in [0.3, 0.4) is 0 Å². The normalized spacial score (nSPS) is 12.0. The van der Waals surface area contributed by atoms with E-state index in [1.165, 1.54) is 0 Å². The molecular formula is C14H10F3NO4. The van der Waals surface area contributed by atoms with Crippen LogP contribution in [0.5, 0.6) is 5.75 Å². The Balaban J connectivity index is 2.11. The predicted molar refractivity (Wildman–Crippen MR) is 69.9 cm³/mol. The Labute approximate surface area is 122 Å². The molecule has 0 aliphatic heterocycles. The van der Waals surface area contributed by atoms with E-state index in [0.717, 1.165) is 24.3 Å². The van der Waals surface area contributed by atoms with E-state index in [1.807, 2.05) is 0 Å². The van der Waals surface area contributed by atoms with Crippen LogP contribution >= 0.6 is 0 Å². The lowest BCUT2D eigenvalue weighted by Gasteiger charge is -2.13. The Morgan fingerprint density at radius 2 is 1.86 bits per heavy atom. The number of nitro benzene ring substituents is 1. The number of hydrogen-bond acceptors (Lipinski definition) is 4. The molecule has 0 aromatic heterocycles. The third-order valence-electron chi connectivity index (χ3n) is 2.80. The van der Waals surface area contributed by atoms with Gasteiger partial charge in [-0.1, -0.05) is 6.07 Å². The summed E-state index contributed by atoms with van der Waals surface area (Å²) in [6.45, 7) is -0.483. The molecule has 5 nitrogen and oxygen atoms in total. The lowest BCUT2D eigenvalue weighted by atomic mass is 10.1.